The van der Waals surface area contributed by atoms with Crippen molar-refractivity contribution in [1.29, 1.82) is 0 Å². The lowest BCUT2D eigenvalue weighted by Crippen LogP contribution is -2.21. The highest BCUT2D eigenvalue weighted by Crippen LogP contribution is 2.24. The summed E-state index contributed by atoms with van der Waals surface area (Å²) in [5.74, 6) is -1.66. The highest BCUT2D eigenvalue weighted by Gasteiger charge is 2.38. The number of ether oxygens (including phenoxy) is 1. The van der Waals surface area contributed by atoms with Gasteiger partial charge in [0.2, 0.25) is 11.9 Å². The van der Waals surface area contributed by atoms with Crippen LogP contribution in [-0.2, 0) is 4.79 Å². The Morgan fingerprint density at radius 3 is 2.45 bits per heavy atom. The molecule has 0 saturated carbocycles. The zero-order valence-electron chi connectivity index (χ0n) is 17.1. The molecule has 4 N–H and O–H groups in total. The average molecular weight is 463 g/mol. The zero-order valence-corrected chi connectivity index (χ0v) is 17.1. The summed E-state index contributed by atoms with van der Waals surface area (Å²) < 4.78 is 37.0. The number of aromatic nitrogens is 4. The van der Waals surface area contributed by atoms with Crippen LogP contribution in [0.1, 0.15) is 5.69 Å². The van der Waals surface area contributed by atoms with E-state index in [9.17, 15) is 23.1 Å². The number of carboxylic acid groups (broad SMARTS) is 1. The van der Waals surface area contributed by atoms with Gasteiger partial charge in [-0.25, -0.2) is 19.7 Å². The van der Waals surface area contributed by atoms with Crippen molar-refractivity contribution in [3.8, 4) is 11.5 Å². The summed E-state index contributed by atoms with van der Waals surface area (Å²) >= 11 is 0. The first kappa shape index (κ1) is 23.2. The molecule has 0 spiro atoms. The molecule has 0 atom stereocenters. The molecule has 4 rings (SSSR count). The van der Waals surface area contributed by atoms with Crippen LogP contribution < -0.4 is 15.6 Å². The normalized spacial score (nSPS) is 11.1. The molecule has 4 aromatic rings. The van der Waals surface area contributed by atoms with Crippen LogP contribution >= 0.6 is 0 Å². The second-order valence-electron chi connectivity index (χ2n) is 6.53. The Morgan fingerprint density at radius 2 is 1.82 bits per heavy atom. The average Bonchev–Trinajstić information content (AvgIpc) is 2.74. The molecule has 172 valence electrons. The van der Waals surface area contributed by atoms with Crippen LogP contribution in [0.3, 0.4) is 0 Å². The first-order valence-electron chi connectivity index (χ1n) is 9.11. The maximum absolute atomic E-state index is 12.2. The predicted molar refractivity (Wildman–Crippen MR) is 112 cm³/mol. The number of nitrogens with zero attached hydrogens (tertiary/aromatic N) is 3. The lowest BCUT2D eigenvalue weighted by Gasteiger charge is -2.09. The van der Waals surface area contributed by atoms with Crippen molar-refractivity contribution in [2.75, 3.05) is 12.4 Å². The van der Waals surface area contributed by atoms with Gasteiger partial charge in [-0.05, 0) is 37.3 Å². The van der Waals surface area contributed by atoms with Crippen molar-refractivity contribution in [3.63, 3.8) is 0 Å². The number of phenolic OH excluding ortho intramolecular Hbond substituents is 1. The van der Waals surface area contributed by atoms with Gasteiger partial charge in [-0.3, -0.25) is 15.1 Å². The summed E-state index contributed by atoms with van der Waals surface area (Å²) in [7, 11) is 1.60. The number of halogens is 3. The SMILES string of the molecule is COc1ccc2nc(Nc3nc4c(O)cccc4c(=O)[nH]3)nc(C)c2c1.O=C(O)C(F)(F)F. The Bertz CT molecular complexity index is 1400. The molecule has 0 radical (unpaired) electrons. The number of hydrogen-bond acceptors (Lipinski definition) is 8. The van der Waals surface area contributed by atoms with Crippen molar-refractivity contribution in [3.05, 3.63) is 52.4 Å². The minimum absolute atomic E-state index is 0.0700. The van der Waals surface area contributed by atoms with Gasteiger partial charge in [-0.2, -0.15) is 13.2 Å². The van der Waals surface area contributed by atoms with Crippen molar-refractivity contribution >= 4 is 39.7 Å². The number of aromatic hydroxyl groups is 1. The number of aliphatic carboxylic acids is 1. The number of fused-ring (bicyclic) bond motifs is 2. The molecular formula is C20H16F3N5O5. The maximum atomic E-state index is 12.2. The van der Waals surface area contributed by atoms with E-state index in [2.05, 4.69) is 25.3 Å². The Hall–Kier alpha value is -4.42. The van der Waals surface area contributed by atoms with Crippen molar-refractivity contribution in [1.82, 2.24) is 19.9 Å². The Balaban J connectivity index is 0.000000383. The minimum Gasteiger partial charge on any atom is -0.506 e. The predicted octanol–water partition coefficient (Wildman–Crippen LogP) is 3.27. The van der Waals surface area contributed by atoms with Crippen LogP contribution in [0.25, 0.3) is 21.8 Å². The first-order chi connectivity index (χ1) is 15.5. The minimum atomic E-state index is -5.08. The van der Waals surface area contributed by atoms with Gasteiger partial charge in [-0.15, -0.1) is 0 Å². The van der Waals surface area contributed by atoms with Crippen molar-refractivity contribution in [2.45, 2.75) is 13.1 Å². The van der Waals surface area contributed by atoms with E-state index < -0.39 is 12.1 Å². The molecule has 0 unspecified atom stereocenters. The Kier molecular flexibility index (Phi) is 6.33. The lowest BCUT2D eigenvalue weighted by molar-refractivity contribution is -0.192. The summed E-state index contributed by atoms with van der Waals surface area (Å²) in [5.41, 5.74) is 1.32. The largest absolute Gasteiger partial charge is 0.506 e. The highest BCUT2D eigenvalue weighted by atomic mass is 19.4. The van der Waals surface area contributed by atoms with E-state index in [4.69, 9.17) is 14.6 Å². The van der Waals surface area contributed by atoms with E-state index in [-0.39, 0.29) is 28.7 Å². The van der Waals surface area contributed by atoms with Crippen LogP contribution in [0.5, 0.6) is 11.5 Å². The summed E-state index contributed by atoms with van der Waals surface area (Å²) in [5, 5.41) is 21.1. The summed E-state index contributed by atoms with van der Waals surface area (Å²) in [6.45, 7) is 1.86. The molecule has 2 heterocycles. The molecule has 10 nitrogen and oxygen atoms in total. The molecule has 0 amide bonds. The molecule has 0 saturated heterocycles. The van der Waals surface area contributed by atoms with E-state index in [1.807, 2.05) is 25.1 Å². The number of methoxy groups -OCH3 is 1. The van der Waals surface area contributed by atoms with E-state index in [0.29, 0.717) is 5.39 Å². The number of aromatic amines is 1. The topological polar surface area (TPSA) is 150 Å². The second kappa shape index (κ2) is 8.98. The fourth-order valence-corrected chi connectivity index (χ4v) is 2.76. The standard InChI is InChI=1S/C18H15N5O3.C2HF3O2/c1-9-12-8-10(26-2)6-7-13(12)20-17(19-9)23-18-21-15-11(16(25)22-18)4-3-5-14(15)24;3-2(4,5)1(6)7/h3-8,24H,1-2H3,(H2,19,20,21,22,23,25);(H,6,7). The van der Waals surface area contributed by atoms with E-state index >= 15 is 0 Å². The Labute approximate surface area is 182 Å². The smallest absolute Gasteiger partial charge is 0.490 e. The number of anilines is 2. The van der Waals surface area contributed by atoms with Gasteiger partial charge in [0, 0.05) is 5.39 Å². The number of nitrogens with one attached hydrogen (secondary N) is 2. The molecule has 33 heavy (non-hydrogen) atoms. The Morgan fingerprint density at radius 1 is 1.12 bits per heavy atom. The molecular weight excluding hydrogens is 447 g/mol. The molecule has 0 bridgehead atoms. The fourth-order valence-electron chi connectivity index (χ4n) is 2.76. The number of benzene rings is 2. The highest BCUT2D eigenvalue weighted by molar-refractivity contribution is 5.85. The third kappa shape index (κ3) is 5.26. The van der Waals surface area contributed by atoms with Gasteiger partial charge in [0.05, 0.1) is 23.7 Å². The monoisotopic (exact) mass is 463 g/mol. The fraction of sp³-hybridized carbons (Fsp3) is 0.150. The van der Waals surface area contributed by atoms with Crippen LogP contribution in [0.15, 0.2) is 41.2 Å². The molecule has 13 heteroatoms. The molecule has 2 aromatic heterocycles. The number of carbonyl (C=O) groups is 1. The van der Waals surface area contributed by atoms with Crippen LogP contribution in [0, 0.1) is 6.92 Å². The quantitative estimate of drug-likeness (QED) is 0.359. The number of alkyl halides is 3. The van der Waals surface area contributed by atoms with E-state index in [0.717, 1.165) is 22.3 Å². The summed E-state index contributed by atoms with van der Waals surface area (Å²) in [4.78, 5) is 36.8. The number of phenols is 1. The summed E-state index contributed by atoms with van der Waals surface area (Å²) in [6.07, 6.45) is -5.08. The number of aryl methyl sites for hydroxylation is 1. The van der Waals surface area contributed by atoms with Gasteiger partial charge in [0.1, 0.15) is 17.0 Å². The van der Waals surface area contributed by atoms with E-state index in [1.165, 1.54) is 6.07 Å². The first-order valence-corrected chi connectivity index (χ1v) is 9.11. The molecule has 0 aliphatic carbocycles. The number of hydrogen-bond donors (Lipinski definition) is 4. The van der Waals surface area contributed by atoms with Gasteiger partial charge >= 0.3 is 12.1 Å². The third-order valence-corrected chi connectivity index (χ3v) is 4.28. The number of carboxylic acids is 1. The number of rotatable bonds is 3. The van der Waals surface area contributed by atoms with Gasteiger partial charge < -0.3 is 14.9 Å². The molecule has 0 fully saturated rings. The second-order valence-corrected chi connectivity index (χ2v) is 6.53. The number of para-hydroxylation sites is 1. The van der Waals surface area contributed by atoms with Crippen molar-refractivity contribution in [2.24, 2.45) is 0 Å². The van der Waals surface area contributed by atoms with Gasteiger partial charge in [-0.1, -0.05) is 6.07 Å². The van der Waals surface area contributed by atoms with Crippen LogP contribution in [0.4, 0.5) is 25.1 Å². The van der Waals surface area contributed by atoms with Gasteiger partial charge in [0.15, 0.2) is 0 Å². The molecule has 0 aliphatic rings. The van der Waals surface area contributed by atoms with Gasteiger partial charge in [0.25, 0.3) is 5.56 Å². The lowest BCUT2D eigenvalue weighted by atomic mass is 10.2. The summed E-state index contributed by atoms with van der Waals surface area (Å²) in [6, 6.07) is 10.2. The molecule has 0 aliphatic heterocycles. The van der Waals surface area contributed by atoms with Crippen LogP contribution in [-0.4, -0.2) is 49.4 Å². The van der Waals surface area contributed by atoms with Crippen LogP contribution in [0.2, 0.25) is 0 Å². The van der Waals surface area contributed by atoms with E-state index in [1.54, 1.807) is 19.2 Å². The maximum Gasteiger partial charge on any atom is 0.490 e. The zero-order chi connectivity index (χ0) is 24.3. The third-order valence-electron chi connectivity index (χ3n) is 4.28. The number of H-pyrrole nitrogens is 1. The molecule has 2 aromatic carbocycles. The van der Waals surface area contributed by atoms with Crippen molar-refractivity contribution < 1.29 is 32.9 Å².